The molecule has 0 saturated heterocycles. The smallest absolute Gasteiger partial charge is 0.0337 e. The van der Waals surface area contributed by atoms with Gasteiger partial charge in [-0.1, -0.05) is 48.0 Å². The second kappa shape index (κ2) is 4.68. The third-order valence-corrected chi connectivity index (χ3v) is 4.30. The Morgan fingerprint density at radius 2 is 1.43 bits per heavy atom. The van der Waals surface area contributed by atoms with Crippen molar-refractivity contribution >= 4 is 0 Å². The Balaban J connectivity index is 2.50. The van der Waals surface area contributed by atoms with Crippen LogP contribution in [0, 0.1) is 35.5 Å². The average molecular weight is 196 g/mol. The predicted molar refractivity (Wildman–Crippen MR) is 64.2 cm³/mol. The number of hydrogen-bond acceptors (Lipinski definition) is 0. The zero-order chi connectivity index (χ0) is 10.9. The molecule has 84 valence electrons. The Bertz CT molecular complexity index is 161. The Morgan fingerprint density at radius 1 is 0.929 bits per heavy atom. The van der Waals surface area contributed by atoms with E-state index in [2.05, 4.69) is 41.5 Å². The topological polar surface area (TPSA) is 0 Å². The van der Waals surface area contributed by atoms with Crippen LogP contribution < -0.4 is 0 Å². The van der Waals surface area contributed by atoms with Crippen molar-refractivity contribution in [3.8, 4) is 0 Å². The van der Waals surface area contributed by atoms with Gasteiger partial charge in [-0.05, 0) is 41.9 Å². The molecule has 0 nitrogen and oxygen atoms in total. The fraction of sp³-hybridized carbons (Fsp3) is 1.00. The quantitative estimate of drug-likeness (QED) is 0.603. The summed E-state index contributed by atoms with van der Waals surface area (Å²) in [4.78, 5) is 0. The molecule has 14 heavy (non-hydrogen) atoms. The Morgan fingerprint density at radius 3 is 1.79 bits per heavy atom. The van der Waals surface area contributed by atoms with Crippen LogP contribution in [0.3, 0.4) is 0 Å². The molecule has 0 heteroatoms. The highest BCUT2D eigenvalue weighted by atomic mass is 14.5. The van der Waals surface area contributed by atoms with Crippen LogP contribution in [0.25, 0.3) is 0 Å². The molecule has 1 aliphatic carbocycles. The molecule has 0 radical (unpaired) electrons. The molecule has 0 heterocycles. The molecule has 3 atom stereocenters. The van der Waals surface area contributed by atoms with E-state index in [9.17, 15) is 0 Å². The largest absolute Gasteiger partial charge is 0.0651 e. The normalized spacial score (nSPS) is 28.9. The third kappa shape index (κ3) is 2.52. The molecule has 3 unspecified atom stereocenters. The van der Waals surface area contributed by atoms with Crippen molar-refractivity contribution < 1.29 is 0 Å². The van der Waals surface area contributed by atoms with E-state index >= 15 is 0 Å². The van der Waals surface area contributed by atoms with Crippen molar-refractivity contribution in [3.63, 3.8) is 0 Å². The minimum Gasteiger partial charge on any atom is -0.0651 e. The summed E-state index contributed by atoms with van der Waals surface area (Å²) in [5.41, 5.74) is 0. The van der Waals surface area contributed by atoms with E-state index < -0.39 is 0 Å². The van der Waals surface area contributed by atoms with Gasteiger partial charge in [0.05, 0.1) is 0 Å². The van der Waals surface area contributed by atoms with Gasteiger partial charge in [-0.3, -0.25) is 0 Å². The van der Waals surface area contributed by atoms with Crippen molar-refractivity contribution in [2.45, 2.75) is 54.4 Å². The molecule has 1 saturated carbocycles. The van der Waals surface area contributed by atoms with Crippen LogP contribution in [0.5, 0.6) is 0 Å². The van der Waals surface area contributed by atoms with Crippen molar-refractivity contribution in [2.75, 3.05) is 0 Å². The fourth-order valence-corrected chi connectivity index (χ4v) is 3.39. The summed E-state index contributed by atoms with van der Waals surface area (Å²) in [5.74, 6) is 5.76. The van der Waals surface area contributed by atoms with Crippen LogP contribution in [0.1, 0.15) is 54.4 Å². The lowest BCUT2D eigenvalue weighted by atomic mass is 9.80. The summed E-state index contributed by atoms with van der Waals surface area (Å²) in [7, 11) is 0. The van der Waals surface area contributed by atoms with Gasteiger partial charge in [0.25, 0.3) is 0 Å². The van der Waals surface area contributed by atoms with E-state index in [-0.39, 0.29) is 0 Å². The first-order valence-corrected chi connectivity index (χ1v) is 6.49. The maximum atomic E-state index is 2.43. The van der Waals surface area contributed by atoms with Crippen molar-refractivity contribution in [2.24, 2.45) is 35.5 Å². The van der Waals surface area contributed by atoms with Crippen LogP contribution in [0.4, 0.5) is 0 Å². The minimum absolute atomic E-state index is 0.869. The van der Waals surface area contributed by atoms with Gasteiger partial charge in [-0.25, -0.2) is 0 Å². The summed E-state index contributed by atoms with van der Waals surface area (Å²) in [6, 6.07) is 0. The second-order valence-electron chi connectivity index (χ2n) is 6.01. The van der Waals surface area contributed by atoms with E-state index in [1.54, 1.807) is 0 Å². The number of rotatable bonds is 5. The first-order chi connectivity index (χ1) is 6.49. The summed E-state index contributed by atoms with van der Waals surface area (Å²) in [5, 5.41) is 0. The molecule has 0 aromatic heterocycles. The lowest BCUT2D eigenvalue weighted by Gasteiger charge is -2.26. The fourth-order valence-electron chi connectivity index (χ4n) is 3.39. The molecule has 0 spiro atoms. The SMILES string of the molecule is CCC(C)C1CC1C(C(C)C)C(C)C. The average Bonchev–Trinajstić information content (AvgIpc) is 2.82. The van der Waals surface area contributed by atoms with Gasteiger partial charge in [0.15, 0.2) is 0 Å². The molecule has 1 aliphatic rings. The zero-order valence-corrected chi connectivity index (χ0v) is 10.9. The van der Waals surface area contributed by atoms with E-state index in [0.717, 1.165) is 35.5 Å². The Hall–Kier alpha value is 0. The highest BCUT2D eigenvalue weighted by molar-refractivity contribution is 4.95. The van der Waals surface area contributed by atoms with Gasteiger partial charge >= 0.3 is 0 Å². The third-order valence-electron chi connectivity index (χ3n) is 4.30. The lowest BCUT2D eigenvalue weighted by Crippen LogP contribution is -2.19. The summed E-state index contributed by atoms with van der Waals surface area (Å²) in [6.07, 6.45) is 2.88. The van der Waals surface area contributed by atoms with Gasteiger partial charge in [0.1, 0.15) is 0 Å². The first kappa shape index (κ1) is 12.1. The minimum atomic E-state index is 0.869. The molecule has 0 aromatic carbocycles. The van der Waals surface area contributed by atoms with Crippen molar-refractivity contribution in [1.29, 1.82) is 0 Å². The molecular weight excluding hydrogens is 168 g/mol. The lowest BCUT2D eigenvalue weighted by molar-refractivity contribution is 0.229. The molecule has 1 fully saturated rings. The predicted octanol–water partition coefficient (Wildman–Crippen LogP) is 4.60. The maximum Gasteiger partial charge on any atom is -0.0337 e. The highest BCUT2D eigenvalue weighted by Gasteiger charge is 2.46. The first-order valence-electron chi connectivity index (χ1n) is 6.49. The van der Waals surface area contributed by atoms with Crippen LogP contribution >= 0.6 is 0 Å². The standard InChI is InChI=1S/C14H28/c1-7-11(6)12-8-13(12)14(9(2)3)10(4)5/h9-14H,7-8H2,1-6H3. The monoisotopic (exact) mass is 196 g/mol. The maximum absolute atomic E-state index is 2.43. The summed E-state index contributed by atoms with van der Waals surface area (Å²) < 4.78 is 0. The van der Waals surface area contributed by atoms with Crippen molar-refractivity contribution in [1.82, 2.24) is 0 Å². The molecular formula is C14H28. The van der Waals surface area contributed by atoms with E-state index in [1.165, 1.54) is 12.8 Å². The van der Waals surface area contributed by atoms with Gasteiger partial charge in [0, 0.05) is 0 Å². The Labute approximate surface area is 90.5 Å². The van der Waals surface area contributed by atoms with Gasteiger partial charge < -0.3 is 0 Å². The van der Waals surface area contributed by atoms with Crippen LogP contribution in [0.15, 0.2) is 0 Å². The van der Waals surface area contributed by atoms with Gasteiger partial charge in [0.2, 0.25) is 0 Å². The molecule has 0 amide bonds. The molecule has 0 bridgehead atoms. The van der Waals surface area contributed by atoms with Crippen LogP contribution in [-0.2, 0) is 0 Å². The summed E-state index contributed by atoms with van der Waals surface area (Å²) >= 11 is 0. The van der Waals surface area contributed by atoms with Gasteiger partial charge in [-0.2, -0.15) is 0 Å². The second-order valence-corrected chi connectivity index (χ2v) is 6.01. The van der Waals surface area contributed by atoms with E-state index in [1.807, 2.05) is 0 Å². The van der Waals surface area contributed by atoms with Gasteiger partial charge in [-0.15, -0.1) is 0 Å². The molecule has 0 aliphatic heterocycles. The molecule has 0 aromatic rings. The molecule has 0 N–H and O–H groups in total. The Kier molecular flexibility index (Phi) is 4.04. The zero-order valence-electron chi connectivity index (χ0n) is 10.9. The molecule has 1 rings (SSSR count). The van der Waals surface area contributed by atoms with E-state index in [0.29, 0.717) is 0 Å². The van der Waals surface area contributed by atoms with Crippen molar-refractivity contribution in [3.05, 3.63) is 0 Å². The van der Waals surface area contributed by atoms with Crippen LogP contribution in [0.2, 0.25) is 0 Å². The van der Waals surface area contributed by atoms with Crippen LogP contribution in [-0.4, -0.2) is 0 Å². The van der Waals surface area contributed by atoms with E-state index in [4.69, 9.17) is 0 Å². The number of hydrogen-bond donors (Lipinski definition) is 0. The highest BCUT2D eigenvalue weighted by Crippen LogP contribution is 2.53. The summed E-state index contributed by atoms with van der Waals surface area (Å²) in [6.45, 7) is 14.4.